The fourth-order valence-corrected chi connectivity index (χ4v) is 1.99. The predicted molar refractivity (Wildman–Crippen MR) is 90.1 cm³/mol. The van der Waals surface area contributed by atoms with Crippen molar-refractivity contribution < 1.29 is 10.2 Å². The molecule has 0 fully saturated rings. The zero-order valence-corrected chi connectivity index (χ0v) is 13.9. The zero-order valence-electron chi connectivity index (χ0n) is 13.9. The monoisotopic (exact) mass is 342 g/mol. The maximum Gasteiger partial charge on any atom is 0.223 e. The fourth-order valence-electron chi connectivity index (χ4n) is 1.99. The van der Waals surface area contributed by atoms with Gasteiger partial charge in [0.1, 0.15) is 6.54 Å². The van der Waals surface area contributed by atoms with Crippen molar-refractivity contribution >= 4 is 0 Å². The number of nitrogens with zero attached hydrogens (tertiary/aromatic N) is 4. The minimum absolute atomic E-state index is 0.139. The molecule has 2 heterocycles. The average molecular weight is 342 g/mol. The number of hydrogen-bond acceptors (Lipinski definition) is 6. The second-order valence-electron chi connectivity index (χ2n) is 5.12. The van der Waals surface area contributed by atoms with Crippen LogP contribution in [-0.4, -0.2) is 19.3 Å². The summed E-state index contributed by atoms with van der Waals surface area (Å²) in [5, 5.41) is 35.2. The molecular weight excluding hydrogens is 324 g/mol. The highest BCUT2D eigenvalue weighted by atomic mass is 16.3. The van der Waals surface area contributed by atoms with Crippen molar-refractivity contribution in [2.45, 2.75) is 33.4 Å². The van der Waals surface area contributed by atoms with E-state index < -0.39 is 5.43 Å². The quantitative estimate of drug-likeness (QED) is 0.860. The van der Waals surface area contributed by atoms with E-state index in [0.717, 1.165) is 0 Å². The largest absolute Gasteiger partial charge is 0.503 e. The summed E-state index contributed by atoms with van der Waals surface area (Å²) in [6.45, 7) is 3.87. The van der Waals surface area contributed by atoms with E-state index in [4.69, 9.17) is 10.5 Å². The lowest BCUT2D eigenvalue weighted by atomic mass is 10.3. The van der Waals surface area contributed by atoms with Crippen LogP contribution in [0.3, 0.4) is 0 Å². The lowest BCUT2D eigenvalue weighted by Crippen LogP contribution is -2.09. The van der Waals surface area contributed by atoms with Crippen LogP contribution in [0, 0.1) is 36.5 Å². The maximum absolute atomic E-state index is 10.9. The van der Waals surface area contributed by atoms with E-state index in [0.29, 0.717) is 24.4 Å². The second kappa shape index (κ2) is 8.94. The summed E-state index contributed by atoms with van der Waals surface area (Å²) in [7, 11) is 0. The highest BCUT2D eigenvalue weighted by Gasteiger charge is 2.04. The summed E-state index contributed by atoms with van der Waals surface area (Å²) in [6, 6.07) is 6.45. The number of pyridine rings is 2. The Morgan fingerprint density at radius 2 is 1.40 bits per heavy atom. The zero-order chi connectivity index (χ0) is 19.0. The van der Waals surface area contributed by atoms with Crippen molar-refractivity contribution in [1.82, 2.24) is 9.13 Å². The summed E-state index contributed by atoms with van der Waals surface area (Å²) in [4.78, 5) is 21.8. The third-order valence-electron chi connectivity index (χ3n) is 3.53. The minimum atomic E-state index is -0.415. The molecule has 0 atom stereocenters. The number of rotatable bonds is 3. The Morgan fingerprint density at radius 1 is 0.920 bits per heavy atom. The van der Waals surface area contributed by atoms with Crippen LogP contribution in [0.4, 0.5) is 0 Å². The molecule has 0 aliphatic rings. The smallest absolute Gasteiger partial charge is 0.223 e. The highest BCUT2D eigenvalue weighted by molar-refractivity contribution is 5.26. The molecule has 0 radical (unpaired) electrons. The Bertz CT molecular complexity index is 945. The van der Waals surface area contributed by atoms with Crippen molar-refractivity contribution in [2.24, 2.45) is 0 Å². The van der Waals surface area contributed by atoms with Gasteiger partial charge < -0.3 is 19.3 Å². The number of hydrogen-bond donors (Lipinski definition) is 2. The molecule has 0 saturated heterocycles. The number of nitriles is 2. The van der Waals surface area contributed by atoms with Crippen molar-refractivity contribution in [3.8, 4) is 23.6 Å². The lowest BCUT2D eigenvalue weighted by molar-refractivity contribution is 0.453. The molecule has 0 amide bonds. The van der Waals surface area contributed by atoms with Gasteiger partial charge in [0.2, 0.25) is 10.9 Å². The normalized spacial score (nSPS) is 9.44. The van der Waals surface area contributed by atoms with Gasteiger partial charge >= 0.3 is 0 Å². The first-order valence-corrected chi connectivity index (χ1v) is 7.35. The third kappa shape index (κ3) is 4.98. The molecule has 2 rings (SSSR count). The third-order valence-corrected chi connectivity index (χ3v) is 3.53. The molecule has 25 heavy (non-hydrogen) atoms. The Morgan fingerprint density at radius 3 is 1.88 bits per heavy atom. The molecule has 2 aromatic heterocycles. The molecule has 0 saturated carbocycles. The highest BCUT2D eigenvalue weighted by Crippen LogP contribution is 2.09. The summed E-state index contributed by atoms with van der Waals surface area (Å²) in [5.41, 5.74) is 0.124. The number of aromatic hydroxyl groups is 2. The van der Waals surface area contributed by atoms with Gasteiger partial charge in [0, 0.05) is 31.1 Å². The van der Waals surface area contributed by atoms with Gasteiger partial charge in [0.15, 0.2) is 11.5 Å². The fraction of sp³-hybridized carbons (Fsp3) is 0.294. The molecule has 0 aliphatic heterocycles. The van der Waals surface area contributed by atoms with Gasteiger partial charge in [-0.2, -0.15) is 10.5 Å². The molecule has 8 nitrogen and oxygen atoms in total. The topological polar surface area (TPSA) is 132 Å². The Hall–Kier alpha value is -3.52. The van der Waals surface area contributed by atoms with Gasteiger partial charge in [-0.15, -0.1) is 0 Å². The van der Waals surface area contributed by atoms with Gasteiger partial charge in [-0.05, 0) is 13.8 Å². The predicted octanol–water partition coefficient (Wildman–Crippen LogP) is 1.16. The van der Waals surface area contributed by atoms with Gasteiger partial charge in [-0.3, -0.25) is 9.59 Å². The summed E-state index contributed by atoms with van der Waals surface area (Å²) in [5.74, 6) is -0.520. The van der Waals surface area contributed by atoms with E-state index >= 15 is 0 Å². The maximum atomic E-state index is 10.9. The lowest BCUT2D eigenvalue weighted by Gasteiger charge is -2.08. The standard InChI is InChI=1S/C9H10N2O2.C8H8N2O2/c1-7-9(13)8(12)3-6-11(7)5-2-4-10;1-6-8(12)7(11)2-4-10(6)5-3-9/h3,6,13H,2,5H2,1H3;2,4,12H,5H2,1H3. The first kappa shape index (κ1) is 19.5. The van der Waals surface area contributed by atoms with E-state index in [2.05, 4.69) is 0 Å². The van der Waals surface area contributed by atoms with E-state index in [9.17, 15) is 19.8 Å². The number of aromatic nitrogens is 2. The molecular formula is C17H18N4O4. The Kier molecular flexibility index (Phi) is 6.98. The average Bonchev–Trinajstić information content (AvgIpc) is 2.60. The molecule has 0 aliphatic carbocycles. The molecule has 2 aromatic rings. The van der Waals surface area contributed by atoms with E-state index in [1.54, 1.807) is 24.6 Å². The SMILES string of the molecule is Cc1c(O)c(=O)ccn1CC#N.Cc1c(O)c(=O)ccn1CCC#N. The van der Waals surface area contributed by atoms with Crippen LogP contribution in [-0.2, 0) is 13.1 Å². The second-order valence-corrected chi connectivity index (χ2v) is 5.12. The molecule has 0 spiro atoms. The van der Waals surface area contributed by atoms with E-state index in [1.807, 2.05) is 12.1 Å². The summed E-state index contributed by atoms with van der Waals surface area (Å²) in [6.07, 6.45) is 3.43. The summed E-state index contributed by atoms with van der Waals surface area (Å²) < 4.78 is 3.19. The number of aryl methyl sites for hydroxylation is 1. The Labute approximate surface area is 144 Å². The van der Waals surface area contributed by atoms with Crippen LogP contribution < -0.4 is 10.9 Å². The van der Waals surface area contributed by atoms with Gasteiger partial charge in [-0.25, -0.2) is 0 Å². The van der Waals surface area contributed by atoms with Gasteiger partial charge in [0.25, 0.3) is 0 Å². The molecule has 0 unspecified atom stereocenters. The van der Waals surface area contributed by atoms with E-state index in [-0.39, 0.29) is 23.5 Å². The molecule has 0 bridgehead atoms. The first-order chi connectivity index (χ1) is 11.8. The Balaban J connectivity index is 0.000000251. The molecule has 2 N–H and O–H groups in total. The van der Waals surface area contributed by atoms with Crippen molar-refractivity contribution in [1.29, 1.82) is 10.5 Å². The van der Waals surface area contributed by atoms with Crippen molar-refractivity contribution in [2.75, 3.05) is 0 Å². The van der Waals surface area contributed by atoms with Crippen LogP contribution in [0.15, 0.2) is 34.1 Å². The molecule has 8 heteroatoms. The van der Waals surface area contributed by atoms with Crippen LogP contribution >= 0.6 is 0 Å². The van der Waals surface area contributed by atoms with Gasteiger partial charge in [0.05, 0.1) is 29.9 Å². The van der Waals surface area contributed by atoms with Crippen LogP contribution in [0.2, 0.25) is 0 Å². The van der Waals surface area contributed by atoms with Gasteiger partial charge in [-0.1, -0.05) is 0 Å². The minimum Gasteiger partial charge on any atom is -0.503 e. The van der Waals surface area contributed by atoms with Crippen LogP contribution in [0.1, 0.15) is 17.8 Å². The van der Waals surface area contributed by atoms with Crippen LogP contribution in [0.25, 0.3) is 0 Å². The molecule has 130 valence electrons. The summed E-state index contributed by atoms with van der Waals surface area (Å²) >= 11 is 0. The first-order valence-electron chi connectivity index (χ1n) is 7.35. The van der Waals surface area contributed by atoms with Crippen molar-refractivity contribution in [3.05, 3.63) is 56.4 Å². The van der Waals surface area contributed by atoms with E-state index in [1.165, 1.54) is 22.9 Å². The molecule has 0 aromatic carbocycles. The van der Waals surface area contributed by atoms with Crippen LogP contribution in [0.5, 0.6) is 11.5 Å². The van der Waals surface area contributed by atoms with Crippen molar-refractivity contribution in [3.63, 3.8) is 0 Å².